The number of carboxylic acids is 1. The van der Waals surface area contributed by atoms with E-state index in [9.17, 15) is 9.90 Å². The molecule has 0 amide bonds. The molecular formula is C14H21NO4. The Labute approximate surface area is 113 Å². The first-order valence-electron chi connectivity index (χ1n) is 6.49. The highest BCUT2D eigenvalue weighted by molar-refractivity contribution is 5.93. The number of hydrogen-bond acceptors (Lipinski definition) is 4. The Balaban J connectivity index is 3.05. The summed E-state index contributed by atoms with van der Waals surface area (Å²) < 4.78 is 11.0. The van der Waals surface area contributed by atoms with Crippen LogP contribution in [0.25, 0.3) is 0 Å². The van der Waals surface area contributed by atoms with Crippen LogP contribution in [0.5, 0.6) is 11.6 Å². The fourth-order valence-corrected chi connectivity index (χ4v) is 1.61. The largest absolute Gasteiger partial charge is 0.491 e. The SMILES string of the molecule is CCCCOc1cnc(OC(C)C)c(C)c1C(=O)O. The Morgan fingerprint density at radius 1 is 1.47 bits per heavy atom. The van der Waals surface area contributed by atoms with Gasteiger partial charge in [-0.1, -0.05) is 13.3 Å². The predicted octanol–water partition coefficient (Wildman–Crippen LogP) is 3.05. The zero-order chi connectivity index (χ0) is 14.4. The molecule has 0 aliphatic rings. The summed E-state index contributed by atoms with van der Waals surface area (Å²) in [5, 5.41) is 9.30. The molecule has 0 saturated heterocycles. The van der Waals surface area contributed by atoms with Crippen molar-refractivity contribution >= 4 is 5.97 Å². The van der Waals surface area contributed by atoms with Gasteiger partial charge in [0, 0.05) is 5.56 Å². The topological polar surface area (TPSA) is 68.7 Å². The van der Waals surface area contributed by atoms with Crippen molar-refractivity contribution in [2.75, 3.05) is 6.61 Å². The summed E-state index contributed by atoms with van der Waals surface area (Å²) in [5.41, 5.74) is 0.622. The van der Waals surface area contributed by atoms with Crippen LogP contribution in [0.15, 0.2) is 6.20 Å². The highest BCUT2D eigenvalue weighted by Gasteiger charge is 2.20. The third-order valence-corrected chi connectivity index (χ3v) is 2.56. The van der Waals surface area contributed by atoms with E-state index in [2.05, 4.69) is 4.98 Å². The van der Waals surface area contributed by atoms with Gasteiger partial charge >= 0.3 is 5.97 Å². The minimum absolute atomic E-state index is 0.0558. The van der Waals surface area contributed by atoms with Crippen molar-refractivity contribution in [3.63, 3.8) is 0 Å². The van der Waals surface area contributed by atoms with Crippen LogP contribution in [0.2, 0.25) is 0 Å². The fraction of sp³-hybridized carbons (Fsp3) is 0.571. The Hall–Kier alpha value is -1.78. The summed E-state index contributed by atoms with van der Waals surface area (Å²) in [6.07, 6.45) is 3.23. The number of rotatable bonds is 7. The van der Waals surface area contributed by atoms with Crippen LogP contribution in [0.3, 0.4) is 0 Å². The summed E-state index contributed by atoms with van der Waals surface area (Å²) >= 11 is 0. The maximum atomic E-state index is 11.3. The molecule has 1 heterocycles. The van der Waals surface area contributed by atoms with Gasteiger partial charge in [-0.15, -0.1) is 0 Å². The van der Waals surface area contributed by atoms with Crippen molar-refractivity contribution in [3.8, 4) is 11.6 Å². The van der Waals surface area contributed by atoms with E-state index in [1.54, 1.807) is 6.92 Å². The zero-order valence-electron chi connectivity index (χ0n) is 11.9. The third kappa shape index (κ3) is 4.12. The van der Waals surface area contributed by atoms with Crippen LogP contribution in [0.1, 0.15) is 49.5 Å². The summed E-state index contributed by atoms with van der Waals surface area (Å²) in [7, 11) is 0. The number of pyridine rings is 1. The van der Waals surface area contributed by atoms with E-state index in [1.165, 1.54) is 6.20 Å². The van der Waals surface area contributed by atoms with Gasteiger partial charge in [0.05, 0.1) is 18.9 Å². The summed E-state index contributed by atoms with van der Waals surface area (Å²) in [6.45, 7) is 7.95. The molecule has 1 rings (SSSR count). The highest BCUT2D eigenvalue weighted by Crippen LogP contribution is 2.28. The second-order valence-corrected chi connectivity index (χ2v) is 4.60. The van der Waals surface area contributed by atoms with Crippen LogP contribution >= 0.6 is 0 Å². The molecule has 0 radical (unpaired) electrons. The first kappa shape index (κ1) is 15.3. The van der Waals surface area contributed by atoms with Crippen molar-refractivity contribution < 1.29 is 19.4 Å². The summed E-state index contributed by atoms with van der Waals surface area (Å²) in [4.78, 5) is 15.5. The van der Waals surface area contributed by atoms with E-state index in [-0.39, 0.29) is 11.7 Å². The van der Waals surface area contributed by atoms with Crippen LogP contribution in [0, 0.1) is 6.92 Å². The van der Waals surface area contributed by atoms with Crippen LogP contribution < -0.4 is 9.47 Å². The average molecular weight is 267 g/mol. The van der Waals surface area contributed by atoms with Crippen LogP contribution in [-0.4, -0.2) is 28.8 Å². The molecule has 0 bridgehead atoms. The van der Waals surface area contributed by atoms with E-state index in [0.29, 0.717) is 23.8 Å². The lowest BCUT2D eigenvalue weighted by Gasteiger charge is -2.15. The van der Waals surface area contributed by atoms with Crippen molar-refractivity contribution in [1.29, 1.82) is 0 Å². The van der Waals surface area contributed by atoms with E-state index < -0.39 is 5.97 Å². The number of nitrogens with zero attached hydrogens (tertiary/aromatic N) is 1. The standard InChI is InChI=1S/C14H21NO4/c1-5-6-7-18-11-8-15-13(19-9(2)3)10(4)12(11)14(16)17/h8-9H,5-7H2,1-4H3,(H,16,17). The van der Waals surface area contributed by atoms with Crippen molar-refractivity contribution in [2.45, 2.75) is 46.6 Å². The summed E-state index contributed by atoms with van der Waals surface area (Å²) in [5.74, 6) is -0.384. The molecule has 5 nitrogen and oxygen atoms in total. The average Bonchev–Trinajstić information content (AvgIpc) is 2.32. The lowest BCUT2D eigenvalue weighted by Crippen LogP contribution is -2.12. The second-order valence-electron chi connectivity index (χ2n) is 4.60. The smallest absolute Gasteiger partial charge is 0.340 e. The van der Waals surface area contributed by atoms with Gasteiger partial charge in [0.1, 0.15) is 5.56 Å². The van der Waals surface area contributed by atoms with Crippen molar-refractivity contribution in [2.24, 2.45) is 0 Å². The lowest BCUT2D eigenvalue weighted by atomic mass is 10.1. The van der Waals surface area contributed by atoms with Gasteiger partial charge in [0.15, 0.2) is 5.75 Å². The number of aromatic carboxylic acids is 1. The minimum Gasteiger partial charge on any atom is -0.491 e. The maximum Gasteiger partial charge on any atom is 0.340 e. The zero-order valence-corrected chi connectivity index (χ0v) is 11.9. The van der Waals surface area contributed by atoms with E-state index in [4.69, 9.17) is 9.47 Å². The van der Waals surface area contributed by atoms with Gasteiger partial charge in [-0.2, -0.15) is 0 Å². The normalized spacial score (nSPS) is 10.6. The first-order chi connectivity index (χ1) is 8.97. The number of carboxylic acid groups (broad SMARTS) is 1. The van der Waals surface area contributed by atoms with Gasteiger partial charge in [-0.3, -0.25) is 0 Å². The molecule has 0 fully saturated rings. The number of carbonyl (C=O) groups is 1. The molecule has 0 aromatic carbocycles. The van der Waals surface area contributed by atoms with Crippen LogP contribution in [-0.2, 0) is 0 Å². The van der Waals surface area contributed by atoms with E-state index in [0.717, 1.165) is 12.8 Å². The van der Waals surface area contributed by atoms with Crippen molar-refractivity contribution in [1.82, 2.24) is 4.98 Å². The Kier molecular flexibility index (Phi) is 5.60. The lowest BCUT2D eigenvalue weighted by molar-refractivity contribution is 0.0689. The van der Waals surface area contributed by atoms with Gasteiger partial charge in [0.25, 0.3) is 0 Å². The second kappa shape index (κ2) is 6.97. The molecule has 0 atom stereocenters. The first-order valence-corrected chi connectivity index (χ1v) is 6.49. The molecule has 19 heavy (non-hydrogen) atoms. The molecule has 0 unspecified atom stereocenters. The Morgan fingerprint density at radius 3 is 2.68 bits per heavy atom. The van der Waals surface area contributed by atoms with Gasteiger partial charge < -0.3 is 14.6 Å². The highest BCUT2D eigenvalue weighted by atomic mass is 16.5. The van der Waals surface area contributed by atoms with E-state index in [1.807, 2.05) is 20.8 Å². The number of unbranched alkanes of at least 4 members (excludes halogenated alkanes) is 1. The predicted molar refractivity (Wildman–Crippen MR) is 72.1 cm³/mol. The Morgan fingerprint density at radius 2 is 2.16 bits per heavy atom. The number of aromatic nitrogens is 1. The minimum atomic E-state index is -1.03. The molecule has 1 aromatic heterocycles. The molecule has 0 saturated carbocycles. The summed E-state index contributed by atoms with van der Waals surface area (Å²) in [6, 6.07) is 0. The van der Waals surface area contributed by atoms with Crippen molar-refractivity contribution in [3.05, 3.63) is 17.3 Å². The number of ether oxygens (including phenoxy) is 2. The quantitative estimate of drug-likeness (QED) is 0.769. The van der Waals surface area contributed by atoms with Gasteiger partial charge in [-0.05, 0) is 27.2 Å². The van der Waals surface area contributed by atoms with Gasteiger partial charge in [-0.25, -0.2) is 9.78 Å². The Bertz CT molecular complexity index is 443. The molecular weight excluding hydrogens is 246 g/mol. The maximum absolute atomic E-state index is 11.3. The molecule has 106 valence electrons. The molecule has 1 N–H and O–H groups in total. The molecule has 1 aromatic rings. The number of hydrogen-bond donors (Lipinski definition) is 1. The van der Waals surface area contributed by atoms with Crippen LogP contribution in [0.4, 0.5) is 0 Å². The molecule has 0 spiro atoms. The van der Waals surface area contributed by atoms with E-state index >= 15 is 0 Å². The monoisotopic (exact) mass is 267 g/mol. The molecule has 0 aliphatic carbocycles. The molecule has 5 heteroatoms. The fourth-order valence-electron chi connectivity index (χ4n) is 1.61. The molecule has 0 aliphatic heterocycles. The third-order valence-electron chi connectivity index (χ3n) is 2.56. The van der Waals surface area contributed by atoms with Gasteiger partial charge in [0.2, 0.25) is 5.88 Å².